The molecule has 4 nitrogen and oxygen atoms in total. The van der Waals surface area contributed by atoms with Crippen molar-refractivity contribution in [1.82, 2.24) is 9.80 Å². The summed E-state index contributed by atoms with van der Waals surface area (Å²) in [4.78, 5) is 3.84. The topological polar surface area (TPSA) is 31.2 Å². The molecule has 0 radical (unpaired) electrons. The zero-order valence-corrected chi connectivity index (χ0v) is 15.7. The highest BCUT2D eigenvalue weighted by atomic mass is 35.5. The molecule has 126 valence electrons. The fourth-order valence-corrected chi connectivity index (χ4v) is 2.36. The fraction of sp³-hybridized carbons (Fsp3) is 0.222. The molecule has 0 aliphatic rings. The molecule has 24 heavy (non-hydrogen) atoms. The number of rotatable bonds is 3. The van der Waals surface area contributed by atoms with Gasteiger partial charge >= 0.3 is 0 Å². The van der Waals surface area contributed by atoms with E-state index in [0.29, 0.717) is 10.0 Å². The van der Waals surface area contributed by atoms with Crippen LogP contribution in [-0.4, -0.2) is 49.7 Å². The van der Waals surface area contributed by atoms with E-state index in [1.54, 1.807) is 0 Å². The lowest BCUT2D eigenvalue weighted by atomic mass is 10.2. The third kappa shape index (κ3) is 4.73. The first kappa shape index (κ1) is 18.3. The molecule has 0 aliphatic carbocycles. The molecule has 2 aromatic carbocycles. The molecule has 0 N–H and O–H groups in total. The molecule has 2 aromatic rings. The molecule has 0 bridgehead atoms. The van der Waals surface area contributed by atoms with Crippen molar-refractivity contribution in [3.8, 4) is 0 Å². The summed E-state index contributed by atoms with van der Waals surface area (Å²) in [5, 5.41) is 10.3. The third-order valence-corrected chi connectivity index (χ3v) is 3.80. The molecule has 0 fully saturated rings. The maximum absolute atomic E-state index is 5.96. The molecule has 0 heterocycles. The van der Waals surface area contributed by atoms with E-state index in [1.807, 2.05) is 86.5 Å². The van der Waals surface area contributed by atoms with Gasteiger partial charge < -0.3 is 9.80 Å². The van der Waals surface area contributed by atoms with Crippen LogP contribution >= 0.6 is 23.2 Å². The number of amidine groups is 2. The van der Waals surface area contributed by atoms with Gasteiger partial charge in [0, 0.05) is 49.4 Å². The van der Waals surface area contributed by atoms with E-state index in [9.17, 15) is 0 Å². The number of nitrogens with zero attached hydrogens (tertiary/aromatic N) is 4. The van der Waals surface area contributed by atoms with E-state index < -0.39 is 0 Å². The predicted octanol–water partition coefficient (Wildman–Crippen LogP) is 4.23. The first-order valence-corrected chi connectivity index (χ1v) is 8.16. The SMILES string of the molecule is CN(C)/C(=N\N=C(\c1ccc(Cl)cc1)N(C)C)c1ccc(Cl)cc1. The van der Waals surface area contributed by atoms with E-state index in [-0.39, 0.29) is 0 Å². The second kappa shape index (κ2) is 8.18. The Hall–Kier alpha value is -2.04. The maximum atomic E-state index is 5.96. The summed E-state index contributed by atoms with van der Waals surface area (Å²) in [6.45, 7) is 0. The van der Waals surface area contributed by atoms with Crippen molar-refractivity contribution in [3.05, 3.63) is 69.7 Å². The van der Waals surface area contributed by atoms with Crippen LogP contribution in [0.1, 0.15) is 11.1 Å². The molecular weight excluding hydrogens is 343 g/mol. The number of benzene rings is 2. The summed E-state index contributed by atoms with van der Waals surface area (Å²) in [5.41, 5.74) is 1.89. The minimum absolute atomic E-state index is 0.690. The average molecular weight is 363 g/mol. The van der Waals surface area contributed by atoms with Gasteiger partial charge in [0.05, 0.1) is 0 Å². The maximum Gasteiger partial charge on any atom is 0.158 e. The van der Waals surface area contributed by atoms with E-state index in [4.69, 9.17) is 23.2 Å². The van der Waals surface area contributed by atoms with Gasteiger partial charge in [0.25, 0.3) is 0 Å². The van der Waals surface area contributed by atoms with Gasteiger partial charge in [-0.25, -0.2) is 0 Å². The highest BCUT2D eigenvalue weighted by Crippen LogP contribution is 2.13. The van der Waals surface area contributed by atoms with Gasteiger partial charge in [-0.15, -0.1) is 10.2 Å². The Balaban J connectivity index is 2.43. The lowest BCUT2D eigenvalue weighted by Crippen LogP contribution is -2.25. The summed E-state index contributed by atoms with van der Waals surface area (Å²) in [6, 6.07) is 15.1. The summed E-state index contributed by atoms with van der Waals surface area (Å²) in [6.07, 6.45) is 0. The molecule has 0 atom stereocenters. The van der Waals surface area contributed by atoms with Crippen molar-refractivity contribution in [2.45, 2.75) is 0 Å². The highest BCUT2D eigenvalue weighted by Gasteiger charge is 2.09. The molecule has 0 spiro atoms. The van der Waals surface area contributed by atoms with Crippen LogP contribution in [0.4, 0.5) is 0 Å². The first-order chi connectivity index (χ1) is 11.4. The first-order valence-electron chi connectivity index (χ1n) is 7.40. The molecule has 0 saturated carbocycles. The van der Waals surface area contributed by atoms with Gasteiger partial charge in [-0.05, 0) is 48.5 Å². The van der Waals surface area contributed by atoms with Crippen LogP contribution in [0.3, 0.4) is 0 Å². The van der Waals surface area contributed by atoms with Crippen LogP contribution in [0.2, 0.25) is 10.0 Å². The van der Waals surface area contributed by atoms with E-state index in [1.165, 1.54) is 0 Å². The fourth-order valence-electron chi connectivity index (χ4n) is 2.10. The second-order valence-electron chi connectivity index (χ2n) is 5.65. The minimum atomic E-state index is 0.690. The number of halogens is 2. The van der Waals surface area contributed by atoms with Crippen molar-refractivity contribution in [2.75, 3.05) is 28.2 Å². The summed E-state index contributed by atoms with van der Waals surface area (Å²) in [5.74, 6) is 1.50. The van der Waals surface area contributed by atoms with Gasteiger partial charge in [-0.3, -0.25) is 0 Å². The largest absolute Gasteiger partial charge is 0.361 e. The zero-order valence-electron chi connectivity index (χ0n) is 14.2. The van der Waals surface area contributed by atoms with Crippen LogP contribution in [0.25, 0.3) is 0 Å². The van der Waals surface area contributed by atoms with Gasteiger partial charge in [0.1, 0.15) is 0 Å². The Kier molecular flexibility index (Phi) is 6.23. The quantitative estimate of drug-likeness (QED) is 0.464. The minimum Gasteiger partial charge on any atom is -0.361 e. The third-order valence-electron chi connectivity index (χ3n) is 3.29. The molecule has 6 heteroatoms. The zero-order chi connectivity index (χ0) is 17.7. The van der Waals surface area contributed by atoms with E-state index in [0.717, 1.165) is 22.8 Å². The van der Waals surface area contributed by atoms with Crippen molar-refractivity contribution >= 4 is 34.9 Å². The Morgan fingerprint density at radius 1 is 0.625 bits per heavy atom. The molecule has 0 unspecified atom stereocenters. The Labute approximate surface area is 153 Å². The molecule has 2 rings (SSSR count). The van der Waals surface area contributed by atoms with Gasteiger partial charge in [-0.2, -0.15) is 0 Å². The predicted molar refractivity (Wildman–Crippen MR) is 103 cm³/mol. The van der Waals surface area contributed by atoms with Crippen LogP contribution in [0.5, 0.6) is 0 Å². The molecular formula is C18H20Cl2N4. The van der Waals surface area contributed by atoms with Crippen molar-refractivity contribution in [1.29, 1.82) is 0 Å². The normalized spacial score (nSPS) is 12.2. The Morgan fingerprint density at radius 3 is 1.17 bits per heavy atom. The summed E-state index contributed by atoms with van der Waals surface area (Å²) < 4.78 is 0. The molecule has 0 aromatic heterocycles. The highest BCUT2D eigenvalue weighted by molar-refractivity contribution is 6.31. The van der Waals surface area contributed by atoms with E-state index in [2.05, 4.69) is 10.2 Å². The van der Waals surface area contributed by atoms with Crippen molar-refractivity contribution in [3.63, 3.8) is 0 Å². The van der Waals surface area contributed by atoms with E-state index >= 15 is 0 Å². The standard InChI is InChI=1S/C18H20Cl2N4/c1-23(2)17(13-5-9-15(19)10-6-13)21-22-18(24(3)4)14-7-11-16(20)12-8-14/h5-12H,1-4H3/b21-17-,22-18-. The smallest absolute Gasteiger partial charge is 0.158 e. The number of hydrogen-bond acceptors (Lipinski definition) is 2. The van der Waals surface area contributed by atoms with Crippen molar-refractivity contribution < 1.29 is 0 Å². The molecule has 0 aliphatic heterocycles. The summed E-state index contributed by atoms with van der Waals surface area (Å²) in [7, 11) is 7.72. The van der Waals surface area contributed by atoms with Crippen LogP contribution in [-0.2, 0) is 0 Å². The second-order valence-corrected chi connectivity index (χ2v) is 6.52. The summed E-state index contributed by atoms with van der Waals surface area (Å²) >= 11 is 11.9. The van der Waals surface area contributed by atoms with Crippen LogP contribution in [0, 0.1) is 0 Å². The molecule has 0 saturated heterocycles. The number of hydrogen-bond donors (Lipinski definition) is 0. The Morgan fingerprint density at radius 2 is 0.917 bits per heavy atom. The molecule has 0 amide bonds. The van der Waals surface area contributed by atoms with Gasteiger partial charge in [0.2, 0.25) is 0 Å². The van der Waals surface area contributed by atoms with Crippen molar-refractivity contribution in [2.24, 2.45) is 10.2 Å². The van der Waals surface area contributed by atoms with Crippen LogP contribution < -0.4 is 0 Å². The average Bonchev–Trinajstić information content (AvgIpc) is 2.53. The Bertz CT molecular complexity index is 667. The van der Waals surface area contributed by atoms with Gasteiger partial charge in [0.15, 0.2) is 11.7 Å². The van der Waals surface area contributed by atoms with Gasteiger partial charge in [-0.1, -0.05) is 23.2 Å². The monoisotopic (exact) mass is 362 g/mol. The van der Waals surface area contributed by atoms with Crippen LogP contribution in [0.15, 0.2) is 58.7 Å². The lowest BCUT2D eigenvalue weighted by molar-refractivity contribution is 0.610. The lowest BCUT2D eigenvalue weighted by Gasteiger charge is -2.17.